The third-order valence-corrected chi connectivity index (χ3v) is 15.2. The number of likely N-dealkylation sites (N-methyl/N-ethyl adjacent to an activating group) is 2. The molecule has 21 nitrogen and oxygen atoms in total. The number of carbonyl (C=O) groups is 9. The molecule has 0 fully saturated rings. The van der Waals surface area contributed by atoms with Crippen LogP contribution in [-0.2, 0) is 63.4 Å². The lowest BCUT2D eigenvalue weighted by Crippen LogP contribution is -2.61. The van der Waals surface area contributed by atoms with E-state index in [2.05, 4.69) is 49.1 Å². The normalized spacial score (nSPS) is 13.9. The van der Waals surface area contributed by atoms with Gasteiger partial charge in [0.05, 0.1) is 24.3 Å². The summed E-state index contributed by atoms with van der Waals surface area (Å²) in [6, 6.07) is 23.6. The Morgan fingerprint density at radius 1 is 0.736 bits per heavy atom. The lowest BCUT2D eigenvalue weighted by Gasteiger charge is -2.40. The summed E-state index contributed by atoms with van der Waals surface area (Å²) >= 11 is 0. The molecule has 1 aliphatic rings. The molecular formula is C66H86N10O11. The average Bonchev–Trinajstić information content (AvgIpc) is 2.26. The molecule has 5 rings (SSSR count). The van der Waals surface area contributed by atoms with E-state index in [1.165, 1.54) is 11.8 Å². The number of urea groups is 1. The van der Waals surface area contributed by atoms with E-state index in [0.717, 1.165) is 22.3 Å². The number of nitrogens with one attached hydrogen (secondary N) is 7. The maximum atomic E-state index is 14.1. The number of fused-ring (bicyclic) bond motifs is 2. The van der Waals surface area contributed by atoms with Crippen LogP contribution in [0.5, 0.6) is 0 Å². The Bertz CT molecular complexity index is 3210. The van der Waals surface area contributed by atoms with E-state index in [1.54, 1.807) is 63.2 Å². The number of carbonyl (C=O) groups excluding carboxylic acids is 8. The second kappa shape index (κ2) is 31.4. The zero-order valence-corrected chi connectivity index (χ0v) is 52.0. The molecule has 0 saturated heterocycles. The van der Waals surface area contributed by atoms with Crippen molar-refractivity contribution in [2.75, 3.05) is 30.9 Å². The zero-order chi connectivity index (χ0) is 64.3. The summed E-state index contributed by atoms with van der Waals surface area (Å²) in [6.45, 7) is 18.6. The number of hydrogen-bond acceptors (Lipinski definition) is 11. The number of rotatable bonds is 27. The molecular weight excluding hydrogens is 1110 g/mol. The van der Waals surface area contributed by atoms with E-state index in [1.807, 2.05) is 121 Å². The fourth-order valence-electron chi connectivity index (χ4n) is 10.0. The van der Waals surface area contributed by atoms with E-state index >= 15 is 0 Å². The summed E-state index contributed by atoms with van der Waals surface area (Å²) in [5, 5.41) is 29.2. The Labute approximate surface area is 510 Å². The van der Waals surface area contributed by atoms with Gasteiger partial charge in [-0.2, -0.15) is 0 Å². The number of carboxylic acids is 1. The third kappa shape index (κ3) is 19.8. The first-order chi connectivity index (χ1) is 41.0. The van der Waals surface area contributed by atoms with Crippen LogP contribution in [0.15, 0.2) is 109 Å². The molecule has 10 N–H and O–H groups in total. The van der Waals surface area contributed by atoms with E-state index < -0.39 is 88.7 Å². The molecule has 0 aromatic heterocycles. The first kappa shape index (κ1) is 68.7. The molecule has 0 aliphatic carbocycles. The van der Waals surface area contributed by atoms with Crippen LogP contribution in [0.2, 0.25) is 0 Å². The maximum Gasteiger partial charge on any atom is 0.407 e. The first-order valence-electron chi connectivity index (χ1n) is 29.2. The van der Waals surface area contributed by atoms with Crippen LogP contribution in [-0.4, -0.2) is 114 Å². The molecule has 0 bridgehead atoms. The SMILES string of the molecule is CN[C@@H](C(=O)N[C@H](C(=O)N(C)[C@H](/C=C(\C)C(=O)O)C(C)C)C(C)(C)C)C(C)(C)c1ccc(CNC(=O)OCc2ccc(NC(=O)[C@H](CCCNC(N)=O)NC(=O)[C@@H](NC(=O)CCC(=O)N3Cc4ccccc4C#Cc4ccccc43)C(C)C)cc2)cc1. The lowest BCUT2D eigenvalue weighted by atomic mass is 9.76. The number of benzene rings is 4. The summed E-state index contributed by atoms with van der Waals surface area (Å²) in [7, 11) is 3.29. The van der Waals surface area contributed by atoms with Gasteiger partial charge in [0.25, 0.3) is 0 Å². The zero-order valence-electron chi connectivity index (χ0n) is 52.0. The lowest BCUT2D eigenvalue weighted by molar-refractivity contribution is -0.141. The van der Waals surface area contributed by atoms with E-state index in [-0.39, 0.29) is 75.2 Å². The summed E-state index contributed by atoms with van der Waals surface area (Å²) in [5.41, 5.74) is 9.40. The number of aliphatic carboxylic acids is 1. The van der Waals surface area contributed by atoms with Gasteiger partial charge in [0.1, 0.15) is 24.7 Å². The molecule has 0 spiro atoms. The smallest absolute Gasteiger partial charge is 0.407 e. The van der Waals surface area contributed by atoms with Crippen molar-refractivity contribution in [1.82, 2.24) is 36.8 Å². The highest BCUT2D eigenvalue weighted by Gasteiger charge is 2.42. The van der Waals surface area contributed by atoms with Gasteiger partial charge in [-0.05, 0) is 96.6 Å². The minimum Gasteiger partial charge on any atom is -0.478 e. The van der Waals surface area contributed by atoms with Gasteiger partial charge in [-0.1, -0.05) is 147 Å². The molecule has 5 atom stereocenters. The number of amides is 9. The maximum absolute atomic E-state index is 14.1. The van der Waals surface area contributed by atoms with Gasteiger partial charge in [-0.3, -0.25) is 28.8 Å². The van der Waals surface area contributed by atoms with Crippen molar-refractivity contribution in [1.29, 1.82) is 0 Å². The first-order valence-corrected chi connectivity index (χ1v) is 29.2. The predicted molar refractivity (Wildman–Crippen MR) is 333 cm³/mol. The standard InChI is InChI=1S/C66H86N10O11/c1-40(2)52(36-42(5)62(83)84)75(12)61(82)57(65(6,7)8)74-60(81)56(68-11)66(9,10)48-29-23-43(24-30-48)37-70-64(86)87-39-44-25-31-49(32-26-44)71-58(79)50(21-17-35-69-63(67)85)72-59(80)55(41(3)4)73-53(77)33-34-54(78)76-38-47-20-14-13-18-45(47)27-28-46-19-15-16-22-51(46)76/h13-16,18-20,22-26,29-32,36,40-41,50,52,55-57,68H,17,21,33-35,37-39H2,1-12H3,(H,70,86)(H,71,79)(H,72,80)(H,73,77)(H,74,81)(H,83,84)(H3,67,69,85)/b42-36+/t50-,52+,55-,56-,57+/m0/s1. The Morgan fingerprint density at radius 2 is 1.36 bits per heavy atom. The minimum atomic E-state index is -1.11. The van der Waals surface area contributed by atoms with Crippen molar-refractivity contribution in [3.8, 4) is 11.8 Å². The topological polar surface area (TPSA) is 300 Å². The van der Waals surface area contributed by atoms with Gasteiger partial charge in [0.15, 0.2) is 0 Å². The van der Waals surface area contributed by atoms with Crippen LogP contribution >= 0.6 is 0 Å². The van der Waals surface area contributed by atoms with Gasteiger partial charge in [0, 0.05) is 60.8 Å². The second-order valence-corrected chi connectivity index (χ2v) is 24.1. The predicted octanol–water partition coefficient (Wildman–Crippen LogP) is 6.76. The van der Waals surface area contributed by atoms with E-state index in [0.29, 0.717) is 22.5 Å². The number of hydrogen-bond donors (Lipinski definition) is 9. The van der Waals surface area contributed by atoms with E-state index in [9.17, 15) is 48.3 Å². The number of para-hydroxylation sites is 1. The number of primary amides is 1. The highest BCUT2D eigenvalue weighted by molar-refractivity contribution is 6.00. The van der Waals surface area contributed by atoms with Gasteiger partial charge in [-0.25, -0.2) is 14.4 Å². The molecule has 1 aliphatic heterocycles. The number of carboxylic acid groups (broad SMARTS) is 1. The van der Waals surface area contributed by atoms with Crippen LogP contribution in [0.3, 0.4) is 0 Å². The quantitative estimate of drug-likeness (QED) is 0.0170. The monoisotopic (exact) mass is 1190 g/mol. The highest BCUT2D eigenvalue weighted by atomic mass is 16.5. The van der Waals surface area contributed by atoms with Crippen molar-refractivity contribution in [3.05, 3.63) is 142 Å². The van der Waals surface area contributed by atoms with Crippen LogP contribution in [0.1, 0.15) is 128 Å². The number of ether oxygens (including phenoxy) is 1. The highest BCUT2D eigenvalue weighted by Crippen LogP contribution is 2.31. The van der Waals surface area contributed by atoms with Gasteiger partial charge >= 0.3 is 18.1 Å². The molecule has 9 amide bonds. The van der Waals surface area contributed by atoms with Crippen molar-refractivity contribution in [3.63, 3.8) is 0 Å². The number of anilines is 2. The van der Waals surface area contributed by atoms with Crippen molar-refractivity contribution in [2.45, 2.75) is 150 Å². The fraction of sp³-hybridized carbons (Fsp3) is 0.439. The van der Waals surface area contributed by atoms with Crippen molar-refractivity contribution in [2.24, 2.45) is 23.0 Å². The van der Waals surface area contributed by atoms with Gasteiger partial charge in [-0.15, -0.1) is 0 Å². The molecule has 4 aromatic rings. The molecule has 4 aromatic carbocycles. The molecule has 0 unspecified atom stereocenters. The average molecular weight is 1200 g/mol. The summed E-state index contributed by atoms with van der Waals surface area (Å²) < 4.78 is 5.49. The minimum absolute atomic E-state index is 0.0918. The Morgan fingerprint density at radius 3 is 1.97 bits per heavy atom. The summed E-state index contributed by atoms with van der Waals surface area (Å²) in [4.78, 5) is 122. The molecule has 0 radical (unpaired) electrons. The number of nitrogens with two attached hydrogens (primary N) is 1. The van der Waals surface area contributed by atoms with Gasteiger partial charge < -0.3 is 62.6 Å². The molecule has 0 saturated carbocycles. The molecule has 87 heavy (non-hydrogen) atoms. The van der Waals surface area contributed by atoms with Crippen LogP contribution in [0, 0.1) is 29.1 Å². The Hall–Kier alpha value is -9.03. The van der Waals surface area contributed by atoms with Crippen LogP contribution < -0.4 is 47.9 Å². The largest absolute Gasteiger partial charge is 0.478 e. The summed E-state index contributed by atoms with van der Waals surface area (Å²) in [6.07, 6.45) is 0.869. The fourth-order valence-corrected chi connectivity index (χ4v) is 10.0. The third-order valence-electron chi connectivity index (χ3n) is 15.2. The van der Waals surface area contributed by atoms with Gasteiger partial charge in [0.2, 0.25) is 35.4 Å². The molecule has 1 heterocycles. The van der Waals surface area contributed by atoms with E-state index in [4.69, 9.17) is 10.5 Å². The molecule has 21 heteroatoms. The van der Waals surface area contributed by atoms with Crippen LogP contribution in [0.4, 0.5) is 21.0 Å². The summed E-state index contributed by atoms with van der Waals surface area (Å²) in [5.74, 6) is 1.97. The number of alkyl carbamates (subject to hydrolysis) is 1. The Balaban J connectivity index is 1.14. The Kier molecular flexibility index (Phi) is 24.8. The second-order valence-electron chi connectivity index (χ2n) is 24.1. The molecule has 466 valence electrons. The van der Waals surface area contributed by atoms with Crippen molar-refractivity contribution < 1.29 is 53.0 Å². The number of nitrogens with zero attached hydrogens (tertiary/aromatic N) is 2. The van der Waals surface area contributed by atoms with Crippen LogP contribution in [0.25, 0.3) is 0 Å². The van der Waals surface area contributed by atoms with Crippen molar-refractivity contribution >= 4 is 64.9 Å².